The molecular weight excluding hydrogens is 340 g/mol. The molecule has 0 aliphatic carbocycles. The van der Waals surface area contributed by atoms with Crippen LogP contribution in [0, 0.1) is 6.92 Å². The van der Waals surface area contributed by atoms with Crippen molar-refractivity contribution in [3.05, 3.63) is 64.5 Å². The molecule has 0 N–H and O–H groups in total. The minimum atomic E-state index is -0.128. The van der Waals surface area contributed by atoms with Crippen LogP contribution in [-0.4, -0.2) is 38.0 Å². The minimum absolute atomic E-state index is 0.00925. The average Bonchev–Trinajstić information content (AvgIpc) is 3.11. The third-order valence-corrected chi connectivity index (χ3v) is 5.52. The van der Waals surface area contributed by atoms with Gasteiger partial charge in [0.2, 0.25) is 5.91 Å². The molecule has 6 heteroatoms. The fourth-order valence-corrected chi connectivity index (χ4v) is 4.09. The van der Waals surface area contributed by atoms with Crippen molar-refractivity contribution in [2.75, 3.05) is 13.1 Å². The molecule has 4 rings (SSSR count). The van der Waals surface area contributed by atoms with E-state index in [0.29, 0.717) is 6.54 Å². The van der Waals surface area contributed by atoms with Gasteiger partial charge in [-0.15, -0.1) is 0 Å². The summed E-state index contributed by atoms with van der Waals surface area (Å²) in [5.41, 5.74) is 1.62. The number of benzene rings is 1. The topological polar surface area (TPSA) is 60.1 Å². The van der Waals surface area contributed by atoms with Gasteiger partial charge >= 0.3 is 0 Å². The maximum Gasteiger partial charge on any atom is 0.251 e. The van der Waals surface area contributed by atoms with E-state index in [1.165, 1.54) is 0 Å². The number of imidazole rings is 1. The minimum Gasteiger partial charge on any atom is -0.340 e. The molecule has 0 radical (unpaired) electrons. The summed E-state index contributed by atoms with van der Waals surface area (Å²) in [5, 5.41) is 1.01. The van der Waals surface area contributed by atoms with Crippen molar-refractivity contribution in [3.63, 3.8) is 0 Å². The Balaban J connectivity index is 1.59. The van der Waals surface area contributed by atoms with Gasteiger partial charge < -0.3 is 9.47 Å². The number of fused-ring (bicyclic) bond motifs is 1. The number of carbonyl (C=O) groups is 1. The molecule has 1 saturated heterocycles. The summed E-state index contributed by atoms with van der Waals surface area (Å²) in [4.78, 5) is 31.9. The van der Waals surface area contributed by atoms with Gasteiger partial charge in [-0.05, 0) is 31.4 Å². The quantitative estimate of drug-likeness (QED) is 0.717. The first-order valence-corrected chi connectivity index (χ1v) is 9.39. The van der Waals surface area contributed by atoms with Gasteiger partial charge in [0, 0.05) is 49.9 Å². The van der Waals surface area contributed by atoms with Crippen molar-refractivity contribution in [3.8, 4) is 0 Å². The number of hydrogen-bond donors (Lipinski definition) is 0. The number of carbonyl (C=O) groups excluding carboxylic acids is 1. The Bertz CT molecular complexity index is 1050. The molecule has 1 aliphatic rings. The fourth-order valence-electron chi connectivity index (χ4n) is 4.09. The van der Waals surface area contributed by atoms with Crippen LogP contribution in [0.25, 0.3) is 10.9 Å². The number of piperidine rings is 1. The number of amides is 1. The van der Waals surface area contributed by atoms with Crippen molar-refractivity contribution in [1.29, 1.82) is 0 Å². The highest BCUT2D eigenvalue weighted by atomic mass is 16.2. The highest BCUT2D eigenvalue weighted by Gasteiger charge is 2.27. The van der Waals surface area contributed by atoms with Crippen LogP contribution >= 0.6 is 0 Å². The smallest absolute Gasteiger partial charge is 0.251 e. The summed E-state index contributed by atoms with van der Waals surface area (Å²) in [5.74, 6) is 1.25. The van der Waals surface area contributed by atoms with Crippen LogP contribution in [0.15, 0.2) is 47.5 Å². The SMILES string of the molecule is Cc1cc(=O)n(CC(=O)N2CCCC(c3nccn3C)C2)c2ccccc12. The van der Waals surface area contributed by atoms with Crippen LogP contribution in [-0.2, 0) is 18.4 Å². The van der Waals surface area contributed by atoms with E-state index in [0.717, 1.165) is 41.7 Å². The van der Waals surface area contributed by atoms with E-state index in [1.54, 1.807) is 16.8 Å². The Kier molecular flexibility index (Phi) is 4.56. The molecule has 3 heterocycles. The van der Waals surface area contributed by atoms with Crippen molar-refractivity contribution in [2.24, 2.45) is 7.05 Å². The summed E-state index contributed by atoms with van der Waals surface area (Å²) < 4.78 is 3.62. The van der Waals surface area contributed by atoms with Gasteiger partial charge in [0.05, 0.1) is 5.52 Å². The molecule has 0 bridgehead atoms. The second-order valence-electron chi connectivity index (χ2n) is 7.34. The van der Waals surface area contributed by atoms with E-state index in [9.17, 15) is 9.59 Å². The van der Waals surface area contributed by atoms with E-state index < -0.39 is 0 Å². The Morgan fingerprint density at radius 2 is 2.11 bits per heavy atom. The molecule has 1 amide bonds. The Labute approximate surface area is 158 Å². The predicted octanol–water partition coefficient (Wildman–Crippen LogP) is 2.45. The first-order valence-electron chi connectivity index (χ1n) is 9.39. The molecule has 1 unspecified atom stereocenters. The molecule has 2 aromatic heterocycles. The molecule has 1 atom stereocenters. The van der Waals surface area contributed by atoms with Gasteiger partial charge in [0.1, 0.15) is 12.4 Å². The summed E-state index contributed by atoms with van der Waals surface area (Å²) in [6, 6.07) is 9.36. The summed E-state index contributed by atoms with van der Waals surface area (Å²) in [7, 11) is 1.99. The number of likely N-dealkylation sites (tertiary alicyclic amines) is 1. The molecule has 1 fully saturated rings. The highest BCUT2D eigenvalue weighted by molar-refractivity contribution is 5.84. The van der Waals surface area contributed by atoms with Crippen LogP contribution in [0.4, 0.5) is 0 Å². The number of rotatable bonds is 3. The van der Waals surface area contributed by atoms with Crippen LogP contribution in [0.5, 0.6) is 0 Å². The van der Waals surface area contributed by atoms with Gasteiger partial charge in [-0.2, -0.15) is 0 Å². The van der Waals surface area contributed by atoms with Gasteiger partial charge in [-0.1, -0.05) is 18.2 Å². The van der Waals surface area contributed by atoms with Gasteiger partial charge in [-0.25, -0.2) is 4.98 Å². The number of para-hydroxylation sites is 1. The van der Waals surface area contributed by atoms with Crippen LogP contribution in [0.3, 0.4) is 0 Å². The predicted molar refractivity (Wildman–Crippen MR) is 105 cm³/mol. The van der Waals surface area contributed by atoms with E-state index in [-0.39, 0.29) is 23.9 Å². The first kappa shape index (κ1) is 17.5. The third kappa shape index (κ3) is 3.27. The second-order valence-corrected chi connectivity index (χ2v) is 7.34. The lowest BCUT2D eigenvalue weighted by Crippen LogP contribution is -2.42. The van der Waals surface area contributed by atoms with Gasteiger partial charge in [0.25, 0.3) is 5.56 Å². The van der Waals surface area contributed by atoms with Crippen molar-refractivity contribution < 1.29 is 4.79 Å². The van der Waals surface area contributed by atoms with Crippen molar-refractivity contribution >= 4 is 16.8 Å². The number of nitrogens with zero attached hydrogens (tertiary/aromatic N) is 4. The van der Waals surface area contributed by atoms with Crippen molar-refractivity contribution in [2.45, 2.75) is 32.2 Å². The zero-order valence-corrected chi connectivity index (χ0v) is 15.8. The second kappa shape index (κ2) is 7.02. The van der Waals surface area contributed by atoms with E-state index in [4.69, 9.17) is 0 Å². The van der Waals surface area contributed by atoms with Crippen LogP contribution < -0.4 is 5.56 Å². The summed E-state index contributed by atoms with van der Waals surface area (Å²) >= 11 is 0. The normalized spacial score (nSPS) is 17.4. The third-order valence-electron chi connectivity index (χ3n) is 5.52. The number of hydrogen-bond acceptors (Lipinski definition) is 3. The van der Waals surface area contributed by atoms with E-state index >= 15 is 0 Å². The number of pyridine rings is 1. The molecule has 27 heavy (non-hydrogen) atoms. The highest BCUT2D eigenvalue weighted by Crippen LogP contribution is 2.25. The van der Waals surface area contributed by atoms with Crippen molar-refractivity contribution in [1.82, 2.24) is 19.0 Å². The maximum absolute atomic E-state index is 13.0. The lowest BCUT2D eigenvalue weighted by Gasteiger charge is -2.32. The standard InChI is InChI=1S/C21H24N4O2/c1-15-12-19(26)25(18-8-4-3-7-17(15)18)14-20(27)24-10-5-6-16(13-24)21-22-9-11-23(21)2/h3-4,7-9,11-12,16H,5-6,10,13-14H2,1-2H3. The van der Waals surface area contributed by atoms with E-state index in [1.807, 2.05) is 53.9 Å². The zero-order chi connectivity index (χ0) is 19.0. The molecule has 1 aromatic carbocycles. The zero-order valence-electron chi connectivity index (χ0n) is 15.8. The monoisotopic (exact) mass is 364 g/mol. The molecular formula is C21H24N4O2. The fraction of sp³-hybridized carbons (Fsp3) is 0.381. The van der Waals surface area contributed by atoms with Crippen LogP contribution in [0.1, 0.15) is 30.1 Å². The first-order chi connectivity index (χ1) is 13.0. The van der Waals surface area contributed by atoms with E-state index in [2.05, 4.69) is 4.98 Å². The lowest BCUT2D eigenvalue weighted by atomic mass is 9.97. The molecule has 1 aliphatic heterocycles. The lowest BCUT2D eigenvalue weighted by molar-refractivity contribution is -0.133. The number of aryl methyl sites for hydroxylation is 2. The molecule has 0 spiro atoms. The van der Waals surface area contributed by atoms with Gasteiger partial charge in [-0.3, -0.25) is 14.2 Å². The summed E-state index contributed by atoms with van der Waals surface area (Å²) in [6.07, 6.45) is 5.72. The largest absolute Gasteiger partial charge is 0.340 e. The molecule has 140 valence electrons. The maximum atomic E-state index is 13.0. The Hall–Kier alpha value is -2.89. The molecule has 6 nitrogen and oxygen atoms in total. The average molecular weight is 364 g/mol. The Morgan fingerprint density at radius 3 is 2.89 bits per heavy atom. The van der Waals surface area contributed by atoms with Crippen LogP contribution in [0.2, 0.25) is 0 Å². The molecule has 3 aromatic rings. The Morgan fingerprint density at radius 1 is 1.30 bits per heavy atom. The molecule has 0 saturated carbocycles. The van der Waals surface area contributed by atoms with Gasteiger partial charge in [0.15, 0.2) is 0 Å². The summed E-state index contributed by atoms with van der Waals surface area (Å²) in [6.45, 7) is 3.39. The number of aromatic nitrogens is 3.